The number of halogens is 1. The maximum absolute atomic E-state index is 12.3. The van der Waals surface area contributed by atoms with Gasteiger partial charge in [0, 0.05) is 11.4 Å². The summed E-state index contributed by atoms with van der Waals surface area (Å²) in [6.45, 7) is 1.28. The van der Waals surface area contributed by atoms with Crippen LogP contribution in [0, 0.1) is 11.3 Å². The van der Waals surface area contributed by atoms with E-state index in [0.29, 0.717) is 21.5 Å². The van der Waals surface area contributed by atoms with Crippen LogP contribution in [0.2, 0.25) is 0 Å². The van der Waals surface area contributed by atoms with Crippen LogP contribution in [0.4, 0.5) is 5.69 Å². The van der Waals surface area contributed by atoms with Crippen molar-refractivity contribution in [2.45, 2.75) is 6.92 Å². The molecule has 0 atom stereocenters. The number of hydrogen-bond acceptors (Lipinski definition) is 5. The third-order valence-corrected chi connectivity index (χ3v) is 3.93. The Bertz CT molecular complexity index is 916. The zero-order chi connectivity index (χ0) is 19.1. The van der Waals surface area contributed by atoms with Gasteiger partial charge in [-0.3, -0.25) is 9.59 Å². The van der Waals surface area contributed by atoms with E-state index in [1.54, 1.807) is 30.3 Å². The minimum absolute atomic E-state index is 0.0805. The maximum Gasteiger partial charge on any atom is 0.308 e. The quantitative estimate of drug-likeness (QED) is 0.346. The largest absolute Gasteiger partial charge is 0.493 e. The van der Waals surface area contributed by atoms with Crippen molar-refractivity contribution in [3.8, 4) is 17.6 Å². The number of anilines is 1. The van der Waals surface area contributed by atoms with Crippen LogP contribution in [0.5, 0.6) is 11.5 Å². The average Bonchev–Trinajstić information content (AvgIpc) is 2.62. The number of benzene rings is 2. The number of esters is 1. The number of amides is 1. The molecule has 1 N–H and O–H groups in total. The summed E-state index contributed by atoms with van der Waals surface area (Å²) in [5.74, 6) is -0.440. The van der Waals surface area contributed by atoms with Gasteiger partial charge >= 0.3 is 5.97 Å². The molecule has 0 spiro atoms. The first kappa shape index (κ1) is 19.2. The molecule has 7 heteroatoms. The van der Waals surface area contributed by atoms with Crippen LogP contribution in [0.3, 0.4) is 0 Å². The summed E-state index contributed by atoms with van der Waals surface area (Å²) >= 11 is 3.33. The molecule has 6 nitrogen and oxygen atoms in total. The molecule has 132 valence electrons. The Labute approximate surface area is 159 Å². The second kappa shape index (κ2) is 8.83. The van der Waals surface area contributed by atoms with Gasteiger partial charge in [0.25, 0.3) is 5.91 Å². The molecule has 0 saturated carbocycles. The molecule has 2 rings (SSSR count). The Balaban J connectivity index is 2.28. The number of methoxy groups -OCH3 is 1. The Morgan fingerprint density at radius 1 is 1.19 bits per heavy atom. The number of hydrogen-bond donors (Lipinski definition) is 1. The van der Waals surface area contributed by atoms with Crippen LogP contribution in [0.15, 0.2) is 52.5 Å². The Morgan fingerprint density at radius 3 is 2.54 bits per heavy atom. The summed E-state index contributed by atoms with van der Waals surface area (Å²) in [4.78, 5) is 23.4. The second-order valence-electron chi connectivity index (χ2n) is 5.11. The van der Waals surface area contributed by atoms with Crippen LogP contribution in [0.25, 0.3) is 6.08 Å². The minimum atomic E-state index is -0.539. The standard InChI is InChI=1S/C19H15BrN2O4/c1-12(23)26-17-8-7-13(10-18(17)25-2)9-14(11-21)19(24)22-16-6-4-3-5-15(16)20/h3-10H,1-2H3,(H,22,24)/b14-9+. The summed E-state index contributed by atoms with van der Waals surface area (Å²) < 4.78 is 10.9. The minimum Gasteiger partial charge on any atom is -0.493 e. The summed E-state index contributed by atoms with van der Waals surface area (Å²) in [5.41, 5.74) is 1.03. The van der Waals surface area contributed by atoms with Crippen LogP contribution < -0.4 is 14.8 Å². The molecule has 1 amide bonds. The summed E-state index contributed by atoms with van der Waals surface area (Å²) in [6.07, 6.45) is 1.42. The summed E-state index contributed by atoms with van der Waals surface area (Å²) in [6, 6.07) is 13.7. The highest BCUT2D eigenvalue weighted by atomic mass is 79.9. The number of para-hydroxylation sites is 1. The van der Waals surface area contributed by atoms with Gasteiger partial charge in [0.2, 0.25) is 0 Å². The third-order valence-electron chi connectivity index (χ3n) is 3.24. The van der Waals surface area contributed by atoms with E-state index < -0.39 is 11.9 Å². The molecule has 0 bridgehead atoms. The first-order valence-corrected chi connectivity index (χ1v) is 8.28. The molecule has 0 saturated heterocycles. The number of nitriles is 1. The predicted octanol–water partition coefficient (Wildman–Crippen LogP) is 3.93. The van der Waals surface area contributed by atoms with Gasteiger partial charge in [-0.15, -0.1) is 0 Å². The molecular formula is C19H15BrN2O4. The first-order valence-electron chi connectivity index (χ1n) is 7.48. The maximum atomic E-state index is 12.3. The van der Waals surface area contributed by atoms with Crippen LogP contribution in [-0.2, 0) is 9.59 Å². The zero-order valence-electron chi connectivity index (χ0n) is 14.1. The van der Waals surface area contributed by atoms with E-state index in [2.05, 4.69) is 21.2 Å². The van der Waals surface area contributed by atoms with Gasteiger partial charge in [-0.2, -0.15) is 5.26 Å². The lowest BCUT2D eigenvalue weighted by atomic mass is 10.1. The lowest BCUT2D eigenvalue weighted by Gasteiger charge is -2.09. The normalized spacial score (nSPS) is 10.6. The van der Waals surface area contributed by atoms with E-state index in [0.717, 1.165) is 0 Å². The first-order chi connectivity index (χ1) is 12.4. The Hall–Kier alpha value is -3.11. The number of carbonyl (C=O) groups is 2. The van der Waals surface area contributed by atoms with Gasteiger partial charge < -0.3 is 14.8 Å². The second-order valence-corrected chi connectivity index (χ2v) is 5.96. The predicted molar refractivity (Wildman–Crippen MR) is 101 cm³/mol. The van der Waals surface area contributed by atoms with Gasteiger partial charge in [-0.1, -0.05) is 18.2 Å². The zero-order valence-corrected chi connectivity index (χ0v) is 15.7. The molecule has 0 fully saturated rings. The van der Waals surface area contributed by atoms with E-state index >= 15 is 0 Å². The molecule has 0 unspecified atom stereocenters. The topological polar surface area (TPSA) is 88.4 Å². The number of nitrogens with zero attached hydrogens (tertiary/aromatic N) is 1. The van der Waals surface area contributed by atoms with Crippen molar-refractivity contribution >= 4 is 39.6 Å². The lowest BCUT2D eigenvalue weighted by molar-refractivity contribution is -0.132. The van der Waals surface area contributed by atoms with Gasteiger partial charge in [0.15, 0.2) is 11.5 Å². The van der Waals surface area contributed by atoms with Crippen LogP contribution >= 0.6 is 15.9 Å². The molecule has 0 aliphatic rings. The van der Waals surface area contributed by atoms with Crippen molar-refractivity contribution in [3.05, 3.63) is 58.1 Å². The van der Waals surface area contributed by atoms with Gasteiger partial charge in [0.1, 0.15) is 11.6 Å². The highest BCUT2D eigenvalue weighted by Crippen LogP contribution is 2.29. The number of carbonyl (C=O) groups excluding carboxylic acids is 2. The fourth-order valence-corrected chi connectivity index (χ4v) is 2.46. The molecule has 2 aromatic carbocycles. The van der Waals surface area contributed by atoms with E-state index in [-0.39, 0.29) is 11.3 Å². The van der Waals surface area contributed by atoms with Gasteiger partial charge in [-0.25, -0.2) is 0 Å². The molecule has 0 radical (unpaired) electrons. The van der Waals surface area contributed by atoms with Crippen molar-refractivity contribution in [3.63, 3.8) is 0 Å². The molecule has 2 aromatic rings. The van der Waals surface area contributed by atoms with E-state index in [1.807, 2.05) is 12.1 Å². The molecule has 26 heavy (non-hydrogen) atoms. The lowest BCUT2D eigenvalue weighted by Crippen LogP contribution is -2.13. The van der Waals surface area contributed by atoms with Crippen LogP contribution in [0.1, 0.15) is 12.5 Å². The fourth-order valence-electron chi connectivity index (χ4n) is 2.08. The van der Waals surface area contributed by atoms with E-state index in [1.165, 1.54) is 26.2 Å². The number of nitrogens with one attached hydrogen (secondary N) is 1. The van der Waals surface area contributed by atoms with Crippen LogP contribution in [-0.4, -0.2) is 19.0 Å². The third kappa shape index (κ3) is 4.94. The molecule has 0 aliphatic carbocycles. The molecular weight excluding hydrogens is 400 g/mol. The highest BCUT2D eigenvalue weighted by Gasteiger charge is 2.13. The van der Waals surface area contributed by atoms with Crippen molar-refractivity contribution in [1.82, 2.24) is 0 Å². The van der Waals surface area contributed by atoms with Crippen molar-refractivity contribution in [2.24, 2.45) is 0 Å². The van der Waals surface area contributed by atoms with Crippen molar-refractivity contribution < 1.29 is 19.1 Å². The molecule has 0 heterocycles. The summed E-state index contributed by atoms with van der Waals surface area (Å²) in [5, 5.41) is 12.0. The Kier molecular flexibility index (Phi) is 6.53. The molecule has 0 aromatic heterocycles. The van der Waals surface area contributed by atoms with E-state index in [9.17, 15) is 14.9 Å². The smallest absolute Gasteiger partial charge is 0.308 e. The van der Waals surface area contributed by atoms with Gasteiger partial charge in [0.05, 0.1) is 12.8 Å². The monoisotopic (exact) mass is 414 g/mol. The summed E-state index contributed by atoms with van der Waals surface area (Å²) in [7, 11) is 1.43. The highest BCUT2D eigenvalue weighted by molar-refractivity contribution is 9.10. The average molecular weight is 415 g/mol. The Morgan fingerprint density at radius 2 is 1.92 bits per heavy atom. The fraction of sp³-hybridized carbons (Fsp3) is 0.105. The van der Waals surface area contributed by atoms with Crippen molar-refractivity contribution in [2.75, 3.05) is 12.4 Å². The SMILES string of the molecule is COc1cc(/C=C(\C#N)C(=O)Nc2ccccc2Br)ccc1OC(C)=O. The number of rotatable bonds is 5. The molecule has 0 aliphatic heterocycles. The number of ether oxygens (including phenoxy) is 2. The van der Waals surface area contributed by atoms with E-state index in [4.69, 9.17) is 9.47 Å². The van der Waals surface area contributed by atoms with Crippen molar-refractivity contribution in [1.29, 1.82) is 5.26 Å². The van der Waals surface area contributed by atoms with Gasteiger partial charge in [-0.05, 0) is 51.8 Å².